The molecule has 0 aliphatic carbocycles. The molecular weight excluding hydrogens is 354 g/mol. The Morgan fingerprint density at radius 1 is 0.759 bits per heavy atom. The van der Waals surface area contributed by atoms with Gasteiger partial charge in [-0.25, -0.2) is 0 Å². The molecule has 1 aliphatic heterocycles. The Bertz CT molecular complexity index is 1150. The minimum absolute atomic E-state index is 0.551. The summed E-state index contributed by atoms with van der Waals surface area (Å²) >= 11 is 0. The molecule has 2 heterocycles. The summed E-state index contributed by atoms with van der Waals surface area (Å²) < 4.78 is 0. The van der Waals surface area contributed by atoms with Gasteiger partial charge in [0.2, 0.25) is 0 Å². The molecule has 0 spiro atoms. The van der Waals surface area contributed by atoms with Crippen molar-refractivity contribution in [3.8, 4) is 11.3 Å². The summed E-state index contributed by atoms with van der Waals surface area (Å²) in [7, 11) is 0. The van der Waals surface area contributed by atoms with Gasteiger partial charge in [-0.15, -0.1) is 10.2 Å². The molecule has 5 rings (SSSR count). The second-order valence-electron chi connectivity index (χ2n) is 8.03. The number of benzene rings is 3. The summed E-state index contributed by atoms with van der Waals surface area (Å²) in [6.45, 7) is 6.31. The van der Waals surface area contributed by atoms with Gasteiger partial charge in [0.15, 0.2) is 5.82 Å². The summed E-state index contributed by atoms with van der Waals surface area (Å²) in [5.41, 5.74) is 6.08. The van der Waals surface area contributed by atoms with Crippen molar-refractivity contribution in [3.05, 3.63) is 89.5 Å². The number of rotatable bonds is 3. The van der Waals surface area contributed by atoms with Crippen molar-refractivity contribution in [1.82, 2.24) is 10.2 Å². The van der Waals surface area contributed by atoms with Gasteiger partial charge >= 0.3 is 0 Å². The van der Waals surface area contributed by atoms with Gasteiger partial charge in [0.25, 0.3) is 0 Å². The van der Waals surface area contributed by atoms with Crippen molar-refractivity contribution >= 4 is 16.6 Å². The third kappa shape index (κ3) is 3.17. The third-order valence-electron chi connectivity index (χ3n) is 6.14. The van der Waals surface area contributed by atoms with Gasteiger partial charge in [-0.05, 0) is 37.0 Å². The molecule has 1 fully saturated rings. The number of nitrogens with zero attached hydrogens (tertiary/aromatic N) is 3. The minimum Gasteiger partial charge on any atom is -0.354 e. The largest absolute Gasteiger partial charge is 0.354 e. The number of aromatic nitrogens is 2. The van der Waals surface area contributed by atoms with Crippen LogP contribution < -0.4 is 4.90 Å². The van der Waals surface area contributed by atoms with Crippen molar-refractivity contribution < 1.29 is 0 Å². The Morgan fingerprint density at radius 3 is 2.21 bits per heavy atom. The maximum absolute atomic E-state index is 4.75. The average Bonchev–Trinajstić information content (AvgIpc) is 3.24. The number of fused-ring (bicyclic) bond motifs is 1. The first kappa shape index (κ1) is 17.9. The molecule has 1 unspecified atom stereocenters. The molecule has 0 N–H and O–H groups in total. The zero-order chi connectivity index (χ0) is 19.8. The Balaban J connectivity index is 1.57. The molecule has 0 radical (unpaired) electrons. The van der Waals surface area contributed by atoms with Crippen LogP contribution in [0.2, 0.25) is 0 Å². The molecule has 1 aromatic heterocycles. The highest BCUT2D eigenvalue weighted by Gasteiger charge is 2.27. The summed E-state index contributed by atoms with van der Waals surface area (Å²) in [6.07, 6.45) is 1.15. The number of hydrogen-bond acceptors (Lipinski definition) is 3. The van der Waals surface area contributed by atoms with Gasteiger partial charge in [0.05, 0.1) is 0 Å². The normalized spacial score (nSPS) is 16.5. The van der Waals surface area contributed by atoms with Crippen LogP contribution in [0.15, 0.2) is 72.8 Å². The van der Waals surface area contributed by atoms with Crippen LogP contribution in [0.4, 0.5) is 5.82 Å². The summed E-state index contributed by atoms with van der Waals surface area (Å²) in [4.78, 5) is 2.40. The fourth-order valence-corrected chi connectivity index (χ4v) is 4.65. The van der Waals surface area contributed by atoms with Gasteiger partial charge in [-0.3, -0.25) is 0 Å². The molecule has 0 amide bonds. The van der Waals surface area contributed by atoms with Gasteiger partial charge in [-0.2, -0.15) is 0 Å². The highest BCUT2D eigenvalue weighted by molar-refractivity contribution is 6.01. The first-order valence-corrected chi connectivity index (χ1v) is 10.3. The standard InChI is InChI=1S/C26H25N3/c1-18-9-8-10-19(2)24(18)25-22-13-6-7-14-23(22)26(28-27-25)29-16-15-21(17-29)20-11-4-3-5-12-20/h3-14,21H,15-17H2,1-2H3. The molecule has 0 saturated carbocycles. The van der Waals surface area contributed by atoms with E-state index in [0.29, 0.717) is 5.92 Å². The van der Waals surface area contributed by atoms with Crippen LogP contribution in [0.25, 0.3) is 22.0 Å². The lowest BCUT2D eigenvalue weighted by atomic mass is 9.96. The van der Waals surface area contributed by atoms with E-state index in [2.05, 4.69) is 91.5 Å². The number of aryl methyl sites for hydroxylation is 2. The van der Waals surface area contributed by atoms with Gasteiger partial charge in [0.1, 0.15) is 5.69 Å². The van der Waals surface area contributed by atoms with Crippen LogP contribution in [0.5, 0.6) is 0 Å². The Kier molecular flexibility index (Phi) is 4.51. The van der Waals surface area contributed by atoms with Gasteiger partial charge in [-0.1, -0.05) is 72.8 Å². The summed E-state index contributed by atoms with van der Waals surface area (Å²) in [5, 5.41) is 11.9. The highest BCUT2D eigenvalue weighted by atomic mass is 15.3. The van der Waals surface area contributed by atoms with Crippen LogP contribution in [-0.2, 0) is 0 Å². The zero-order valence-electron chi connectivity index (χ0n) is 17.0. The molecule has 1 aliphatic rings. The molecule has 4 aromatic rings. The fraction of sp³-hybridized carbons (Fsp3) is 0.231. The SMILES string of the molecule is Cc1cccc(C)c1-c1nnc(N2CCC(c3ccccc3)C2)c2ccccc12. The van der Waals surface area contributed by atoms with Gasteiger partial charge in [0, 0.05) is 35.3 Å². The minimum atomic E-state index is 0.551. The molecule has 3 nitrogen and oxygen atoms in total. The van der Waals surface area contributed by atoms with E-state index in [4.69, 9.17) is 10.2 Å². The number of anilines is 1. The predicted molar refractivity (Wildman–Crippen MR) is 120 cm³/mol. The lowest BCUT2D eigenvalue weighted by molar-refractivity contribution is 0.774. The monoisotopic (exact) mass is 379 g/mol. The van der Waals surface area contributed by atoms with Crippen molar-refractivity contribution in [2.45, 2.75) is 26.2 Å². The molecular formula is C26H25N3. The average molecular weight is 380 g/mol. The van der Waals surface area contributed by atoms with Crippen LogP contribution in [0, 0.1) is 13.8 Å². The lowest BCUT2D eigenvalue weighted by Gasteiger charge is -2.20. The third-order valence-corrected chi connectivity index (χ3v) is 6.14. The first-order valence-electron chi connectivity index (χ1n) is 10.3. The second kappa shape index (κ2) is 7.32. The maximum atomic E-state index is 4.75. The molecule has 29 heavy (non-hydrogen) atoms. The van der Waals surface area contributed by atoms with E-state index >= 15 is 0 Å². The topological polar surface area (TPSA) is 29.0 Å². The Morgan fingerprint density at radius 2 is 1.45 bits per heavy atom. The predicted octanol–water partition coefficient (Wildman–Crippen LogP) is 5.91. The lowest BCUT2D eigenvalue weighted by Crippen LogP contribution is -2.21. The maximum Gasteiger partial charge on any atom is 0.159 e. The Hall–Kier alpha value is -3.20. The summed E-state index contributed by atoms with van der Waals surface area (Å²) in [5.74, 6) is 1.56. The quantitative estimate of drug-likeness (QED) is 0.443. The van der Waals surface area contributed by atoms with Gasteiger partial charge < -0.3 is 4.90 Å². The van der Waals surface area contributed by atoms with E-state index in [1.165, 1.54) is 33.0 Å². The molecule has 3 heteroatoms. The van der Waals surface area contributed by atoms with E-state index in [-0.39, 0.29) is 0 Å². The first-order chi connectivity index (χ1) is 14.2. The molecule has 1 saturated heterocycles. The van der Waals surface area contributed by atoms with E-state index in [0.717, 1.165) is 31.0 Å². The molecule has 0 bridgehead atoms. The van der Waals surface area contributed by atoms with Crippen LogP contribution in [0.1, 0.15) is 29.0 Å². The van der Waals surface area contributed by atoms with E-state index in [1.54, 1.807) is 0 Å². The summed E-state index contributed by atoms with van der Waals surface area (Å²) in [6, 6.07) is 25.8. The van der Waals surface area contributed by atoms with E-state index in [9.17, 15) is 0 Å². The van der Waals surface area contributed by atoms with Crippen molar-refractivity contribution in [2.75, 3.05) is 18.0 Å². The zero-order valence-corrected chi connectivity index (χ0v) is 17.0. The van der Waals surface area contributed by atoms with Crippen molar-refractivity contribution in [1.29, 1.82) is 0 Å². The van der Waals surface area contributed by atoms with Crippen LogP contribution in [0.3, 0.4) is 0 Å². The number of hydrogen-bond donors (Lipinski definition) is 0. The molecule has 1 atom stereocenters. The van der Waals surface area contributed by atoms with Crippen molar-refractivity contribution in [3.63, 3.8) is 0 Å². The smallest absolute Gasteiger partial charge is 0.159 e. The highest BCUT2D eigenvalue weighted by Crippen LogP contribution is 2.37. The van der Waals surface area contributed by atoms with Crippen molar-refractivity contribution in [2.24, 2.45) is 0 Å². The molecule has 3 aromatic carbocycles. The Labute approximate surface area is 172 Å². The fourth-order valence-electron chi connectivity index (χ4n) is 4.65. The van der Waals surface area contributed by atoms with Crippen LogP contribution in [-0.4, -0.2) is 23.3 Å². The van der Waals surface area contributed by atoms with Crippen LogP contribution >= 0.6 is 0 Å². The second-order valence-corrected chi connectivity index (χ2v) is 8.03. The van der Waals surface area contributed by atoms with E-state index in [1.807, 2.05) is 0 Å². The van der Waals surface area contributed by atoms with E-state index < -0.39 is 0 Å². The molecule has 144 valence electrons.